The van der Waals surface area contributed by atoms with Crippen molar-refractivity contribution in [3.8, 4) is 0 Å². The predicted molar refractivity (Wildman–Crippen MR) is 122 cm³/mol. The highest BCUT2D eigenvalue weighted by atomic mass is 32.2. The van der Waals surface area contributed by atoms with Gasteiger partial charge in [-0.25, -0.2) is 4.79 Å². The number of amides is 1. The first kappa shape index (κ1) is 21.7. The van der Waals surface area contributed by atoms with Gasteiger partial charge in [0.2, 0.25) is 5.91 Å². The number of thioether (sulfide) groups is 1. The lowest BCUT2D eigenvalue weighted by molar-refractivity contribution is -0.115. The maximum Gasteiger partial charge on any atom is 0.338 e. The van der Waals surface area contributed by atoms with Crippen LogP contribution < -0.4 is 5.32 Å². The SMILES string of the molecule is CCCCOC(=O)c1ccc(NC(=O)C(Sc2ccccc2)c2ccccc2)cc1. The van der Waals surface area contributed by atoms with Gasteiger partial charge in [0.25, 0.3) is 0 Å². The molecule has 0 aliphatic heterocycles. The van der Waals surface area contributed by atoms with Crippen LogP contribution in [0.3, 0.4) is 0 Å². The Morgan fingerprint density at radius 3 is 2.17 bits per heavy atom. The number of rotatable bonds is 9. The van der Waals surface area contributed by atoms with Crippen LogP contribution in [0.2, 0.25) is 0 Å². The number of hydrogen-bond donors (Lipinski definition) is 1. The highest BCUT2D eigenvalue weighted by Crippen LogP contribution is 2.36. The van der Waals surface area contributed by atoms with Crippen molar-refractivity contribution >= 4 is 29.3 Å². The van der Waals surface area contributed by atoms with E-state index in [1.165, 1.54) is 11.8 Å². The van der Waals surface area contributed by atoms with Crippen LogP contribution in [0.5, 0.6) is 0 Å². The zero-order chi connectivity index (χ0) is 21.2. The summed E-state index contributed by atoms with van der Waals surface area (Å²) in [5, 5.41) is 2.57. The van der Waals surface area contributed by atoms with Gasteiger partial charge in [-0.2, -0.15) is 0 Å². The summed E-state index contributed by atoms with van der Waals surface area (Å²) in [5.74, 6) is -0.462. The Kier molecular flexibility index (Phi) is 8.10. The highest BCUT2D eigenvalue weighted by Gasteiger charge is 2.22. The lowest BCUT2D eigenvalue weighted by Crippen LogP contribution is -2.19. The van der Waals surface area contributed by atoms with Crippen molar-refractivity contribution in [1.82, 2.24) is 0 Å². The molecule has 0 aromatic heterocycles. The second kappa shape index (κ2) is 11.2. The first-order valence-electron chi connectivity index (χ1n) is 10.0. The highest BCUT2D eigenvalue weighted by molar-refractivity contribution is 8.00. The smallest absolute Gasteiger partial charge is 0.338 e. The van der Waals surface area contributed by atoms with E-state index >= 15 is 0 Å². The molecule has 1 N–H and O–H groups in total. The Morgan fingerprint density at radius 1 is 0.900 bits per heavy atom. The zero-order valence-corrected chi connectivity index (χ0v) is 17.7. The Bertz CT molecular complexity index is 943. The number of carbonyl (C=O) groups is 2. The number of ether oxygens (including phenoxy) is 1. The molecule has 0 spiro atoms. The van der Waals surface area contributed by atoms with Crippen molar-refractivity contribution < 1.29 is 14.3 Å². The van der Waals surface area contributed by atoms with Crippen LogP contribution in [0.4, 0.5) is 5.69 Å². The molecule has 4 nitrogen and oxygen atoms in total. The molecule has 1 atom stereocenters. The largest absolute Gasteiger partial charge is 0.462 e. The van der Waals surface area contributed by atoms with E-state index in [9.17, 15) is 9.59 Å². The van der Waals surface area contributed by atoms with Gasteiger partial charge in [0.15, 0.2) is 0 Å². The van der Waals surface area contributed by atoms with E-state index in [1.807, 2.05) is 67.6 Å². The van der Waals surface area contributed by atoms with Crippen LogP contribution in [0.25, 0.3) is 0 Å². The molecular formula is C25H25NO3S. The Labute approximate surface area is 181 Å². The minimum Gasteiger partial charge on any atom is -0.462 e. The maximum absolute atomic E-state index is 13.1. The van der Waals surface area contributed by atoms with Gasteiger partial charge in [-0.15, -0.1) is 11.8 Å². The molecule has 0 saturated carbocycles. The van der Waals surface area contributed by atoms with Crippen molar-refractivity contribution in [3.63, 3.8) is 0 Å². The molecule has 0 aliphatic carbocycles. The number of nitrogens with one attached hydrogen (secondary N) is 1. The van der Waals surface area contributed by atoms with E-state index in [0.717, 1.165) is 23.3 Å². The van der Waals surface area contributed by atoms with Gasteiger partial charge in [0, 0.05) is 10.6 Å². The fourth-order valence-electron chi connectivity index (χ4n) is 2.83. The summed E-state index contributed by atoms with van der Waals surface area (Å²) in [5.41, 5.74) is 2.04. The third kappa shape index (κ3) is 6.22. The number of carbonyl (C=O) groups excluding carboxylic acids is 2. The van der Waals surface area contributed by atoms with Gasteiger partial charge in [-0.05, 0) is 48.4 Å². The van der Waals surface area contributed by atoms with Crippen LogP contribution in [-0.4, -0.2) is 18.5 Å². The van der Waals surface area contributed by atoms with Crippen molar-refractivity contribution in [2.45, 2.75) is 29.9 Å². The second-order valence-electron chi connectivity index (χ2n) is 6.78. The van der Waals surface area contributed by atoms with Gasteiger partial charge in [-0.1, -0.05) is 61.9 Å². The molecule has 30 heavy (non-hydrogen) atoms. The molecule has 3 rings (SSSR count). The van der Waals surface area contributed by atoms with Crippen LogP contribution in [0.15, 0.2) is 89.8 Å². The predicted octanol–water partition coefficient (Wildman–Crippen LogP) is 6.12. The quantitative estimate of drug-likeness (QED) is 0.258. The molecule has 0 bridgehead atoms. The van der Waals surface area contributed by atoms with E-state index < -0.39 is 5.25 Å². The summed E-state index contributed by atoms with van der Waals surface area (Å²) in [7, 11) is 0. The normalized spacial score (nSPS) is 11.5. The first-order valence-corrected chi connectivity index (χ1v) is 10.9. The van der Waals surface area contributed by atoms with Crippen molar-refractivity contribution in [3.05, 3.63) is 96.1 Å². The van der Waals surface area contributed by atoms with Gasteiger partial charge in [0.05, 0.1) is 12.2 Å². The monoisotopic (exact) mass is 419 g/mol. The van der Waals surface area contributed by atoms with Crippen LogP contribution in [-0.2, 0) is 9.53 Å². The summed E-state index contributed by atoms with van der Waals surface area (Å²) in [6.07, 6.45) is 1.82. The topological polar surface area (TPSA) is 55.4 Å². The average molecular weight is 420 g/mol. The van der Waals surface area contributed by atoms with Gasteiger partial charge >= 0.3 is 5.97 Å². The van der Waals surface area contributed by atoms with E-state index in [-0.39, 0.29) is 11.9 Å². The Hall–Kier alpha value is -3.05. The number of anilines is 1. The van der Waals surface area contributed by atoms with Crippen LogP contribution in [0, 0.1) is 0 Å². The second-order valence-corrected chi connectivity index (χ2v) is 7.96. The summed E-state index contributed by atoms with van der Waals surface area (Å²) in [6, 6.07) is 26.4. The third-order valence-corrected chi connectivity index (χ3v) is 5.72. The van der Waals surface area contributed by atoms with Gasteiger partial charge in [-0.3, -0.25) is 4.79 Å². The summed E-state index contributed by atoms with van der Waals surface area (Å²) < 4.78 is 5.22. The number of unbranched alkanes of at least 4 members (excludes halogenated alkanes) is 1. The van der Waals surface area contributed by atoms with Gasteiger partial charge in [0.1, 0.15) is 5.25 Å². The third-order valence-electron chi connectivity index (χ3n) is 4.46. The number of benzene rings is 3. The van der Waals surface area contributed by atoms with Gasteiger partial charge < -0.3 is 10.1 Å². The van der Waals surface area contributed by atoms with Crippen molar-refractivity contribution in [2.75, 3.05) is 11.9 Å². The molecule has 3 aromatic rings. The standard InChI is InChI=1S/C25H25NO3S/c1-2-3-18-29-25(28)20-14-16-21(17-15-20)26-24(27)23(19-10-6-4-7-11-19)30-22-12-8-5-9-13-22/h4-17,23H,2-3,18H2,1H3,(H,26,27). The summed E-state index contributed by atoms with van der Waals surface area (Å²) >= 11 is 1.50. The molecular weight excluding hydrogens is 394 g/mol. The number of esters is 1. The molecule has 1 unspecified atom stereocenters. The minimum absolute atomic E-state index is 0.117. The molecule has 0 radical (unpaired) electrons. The average Bonchev–Trinajstić information content (AvgIpc) is 2.79. The molecule has 0 heterocycles. The number of hydrogen-bond acceptors (Lipinski definition) is 4. The lowest BCUT2D eigenvalue weighted by atomic mass is 10.1. The van der Waals surface area contributed by atoms with Crippen molar-refractivity contribution in [2.24, 2.45) is 0 Å². The fraction of sp³-hybridized carbons (Fsp3) is 0.200. The fourth-order valence-corrected chi connectivity index (χ4v) is 3.87. The van der Waals surface area contributed by atoms with E-state index in [0.29, 0.717) is 17.9 Å². The lowest BCUT2D eigenvalue weighted by Gasteiger charge is -2.17. The molecule has 3 aromatic carbocycles. The Balaban J connectivity index is 1.70. The van der Waals surface area contributed by atoms with Crippen LogP contribution >= 0.6 is 11.8 Å². The van der Waals surface area contributed by atoms with E-state index in [1.54, 1.807) is 24.3 Å². The Morgan fingerprint density at radius 2 is 1.53 bits per heavy atom. The maximum atomic E-state index is 13.1. The molecule has 0 fully saturated rings. The molecule has 1 amide bonds. The first-order chi connectivity index (χ1) is 14.7. The molecule has 154 valence electrons. The summed E-state index contributed by atoms with van der Waals surface area (Å²) in [6.45, 7) is 2.47. The zero-order valence-electron chi connectivity index (χ0n) is 16.9. The van der Waals surface area contributed by atoms with Crippen molar-refractivity contribution in [1.29, 1.82) is 0 Å². The molecule has 5 heteroatoms. The van der Waals surface area contributed by atoms with Crippen LogP contribution in [0.1, 0.15) is 40.9 Å². The minimum atomic E-state index is -0.396. The molecule has 0 aliphatic rings. The van der Waals surface area contributed by atoms with E-state index in [4.69, 9.17) is 4.74 Å². The molecule has 0 saturated heterocycles. The summed E-state index contributed by atoms with van der Waals surface area (Å²) in [4.78, 5) is 26.1. The van der Waals surface area contributed by atoms with E-state index in [2.05, 4.69) is 5.32 Å².